The minimum atomic E-state index is -0.421. The van der Waals surface area contributed by atoms with Crippen molar-refractivity contribution in [2.45, 2.75) is 38.6 Å². The van der Waals surface area contributed by atoms with Crippen LogP contribution in [0.1, 0.15) is 49.0 Å². The maximum Gasteiger partial charge on any atom is 0.268 e. The Kier molecular flexibility index (Phi) is 5.22. The molecule has 0 radical (unpaired) electrons. The first-order chi connectivity index (χ1) is 12.7. The van der Waals surface area contributed by atoms with Crippen LogP contribution in [0.5, 0.6) is 11.5 Å². The molecule has 0 bridgehead atoms. The lowest BCUT2D eigenvalue weighted by Crippen LogP contribution is -2.42. The molecule has 0 unspecified atom stereocenters. The lowest BCUT2D eigenvalue weighted by Gasteiger charge is -2.43. The van der Waals surface area contributed by atoms with Crippen LogP contribution in [0.3, 0.4) is 0 Å². The van der Waals surface area contributed by atoms with Crippen LogP contribution < -0.4 is 26.1 Å². The average molecular weight is 357 g/mol. The quantitative estimate of drug-likeness (QED) is 0.437. The molecule has 2 heterocycles. The molecule has 26 heavy (non-hydrogen) atoms. The van der Waals surface area contributed by atoms with E-state index in [9.17, 15) is 4.79 Å². The van der Waals surface area contributed by atoms with Crippen LogP contribution in [-0.4, -0.2) is 22.7 Å². The van der Waals surface area contributed by atoms with Crippen LogP contribution in [0.15, 0.2) is 30.6 Å². The molecule has 1 amide bonds. The summed E-state index contributed by atoms with van der Waals surface area (Å²) in [6.45, 7) is 4.26. The van der Waals surface area contributed by atoms with Gasteiger partial charge in [0.1, 0.15) is 0 Å². The molecule has 1 aliphatic heterocycles. The van der Waals surface area contributed by atoms with Gasteiger partial charge in [-0.1, -0.05) is 19.9 Å². The number of fused-ring (bicyclic) bond motifs is 1. The maximum absolute atomic E-state index is 11.4. The predicted octanol–water partition coefficient (Wildman–Crippen LogP) is 2.33. The second-order valence-electron chi connectivity index (χ2n) is 5.90. The van der Waals surface area contributed by atoms with Crippen molar-refractivity contribution in [2.24, 2.45) is 5.84 Å². The van der Waals surface area contributed by atoms with Crippen LogP contribution in [-0.2, 0) is 5.54 Å². The fourth-order valence-electron chi connectivity index (χ4n) is 3.02. The molecule has 2 aliphatic rings. The van der Waals surface area contributed by atoms with Crippen molar-refractivity contribution in [3.05, 3.63) is 41.7 Å². The monoisotopic (exact) mass is 357 g/mol. The van der Waals surface area contributed by atoms with E-state index >= 15 is 0 Å². The third-order valence-corrected chi connectivity index (χ3v) is 4.53. The number of nitrogen functional groups attached to an aromatic ring is 1. The number of benzene rings is 1. The molecule has 0 atom stereocenters. The number of nitrogens with one attached hydrogen (secondary N) is 2. The zero-order chi connectivity index (χ0) is 18.6. The number of hydrazine groups is 1. The van der Waals surface area contributed by atoms with Crippen molar-refractivity contribution in [3.8, 4) is 11.5 Å². The summed E-state index contributed by atoms with van der Waals surface area (Å²) >= 11 is 0. The van der Waals surface area contributed by atoms with E-state index in [1.165, 1.54) is 12.4 Å². The first-order valence-electron chi connectivity index (χ1n) is 8.71. The summed E-state index contributed by atoms with van der Waals surface area (Å²) < 4.78 is 10.8. The number of amides is 1. The molecule has 2 aromatic rings. The number of nitrogens with zero attached hydrogens (tertiary/aromatic N) is 2. The summed E-state index contributed by atoms with van der Waals surface area (Å²) in [5.74, 6) is 6.68. The number of rotatable bonds is 4. The topological polar surface area (TPSA) is 111 Å². The molecule has 1 aromatic heterocycles. The predicted molar refractivity (Wildman–Crippen MR) is 96.8 cm³/mol. The van der Waals surface area contributed by atoms with Gasteiger partial charge in [-0.15, -0.1) is 0 Å². The second kappa shape index (κ2) is 7.57. The lowest BCUT2D eigenvalue weighted by atomic mass is 9.72. The smallest absolute Gasteiger partial charge is 0.268 e. The number of anilines is 1. The van der Waals surface area contributed by atoms with E-state index < -0.39 is 5.91 Å². The molecule has 1 saturated carbocycles. The van der Waals surface area contributed by atoms with Crippen LogP contribution >= 0.6 is 0 Å². The first kappa shape index (κ1) is 17.9. The third-order valence-electron chi connectivity index (χ3n) is 4.53. The van der Waals surface area contributed by atoms with Crippen molar-refractivity contribution in [1.29, 1.82) is 0 Å². The van der Waals surface area contributed by atoms with Crippen molar-refractivity contribution < 1.29 is 14.3 Å². The van der Waals surface area contributed by atoms with E-state index in [4.69, 9.17) is 15.3 Å². The Labute approximate surface area is 152 Å². The largest absolute Gasteiger partial charge is 0.454 e. The first-order valence-corrected chi connectivity index (χ1v) is 8.71. The number of nitrogens with two attached hydrogens (primary N) is 1. The number of aromatic nitrogens is 2. The zero-order valence-electron chi connectivity index (χ0n) is 14.9. The third kappa shape index (κ3) is 3.28. The SMILES string of the molecule is CC.NNC(=O)c1cnc(NC2(c3ccc4c(c3)OCO4)CCC2)nc1. The molecule has 8 heteroatoms. The highest BCUT2D eigenvalue weighted by molar-refractivity contribution is 5.93. The molecule has 1 aliphatic carbocycles. The fourth-order valence-corrected chi connectivity index (χ4v) is 3.02. The Morgan fingerprint density at radius 1 is 1.15 bits per heavy atom. The summed E-state index contributed by atoms with van der Waals surface area (Å²) in [5, 5.41) is 3.40. The standard InChI is InChI=1S/C16H17N5O3.C2H6/c17-21-14(22)10-7-18-15(19-8-10)20-16(4-1-5-16)11-2-3-12-13(6-11)24-9-23-12;1-2/h2-3,6-8H,1,4-5,9,17H2,(H,21,22)(H,18,19,20);1-2H3. The highest BCUT2D eigenvalue weighted by Crippen LogP contribution is 2.46. The molecule has 138 valence electrons. The Balaban J connectivity index is 0.000000948. The minimum absolute atomic E-state index is 0.224. The summed E-state index contributed by atoms with van der Waals surface area (Å²) in [5.41, 5.74) is 3.26. The van der Waals surface area contributed by atoms with Gasteiger partial charge in [-0.25, -0.2) is 15.8 Å². The highest BCUT2D eigenvalue weighted by Gasteiger charge is 2.40. The lowest BCUT2D eigenvalue weighted by molar-refractivity contribution is 0.0953. The molecule has 1 fully saturated rings. The Hall–Kier alpha value is -2.87. The number of hydrogen-bond acceptors (Lipinski definition) is 7. The van der Waals surface area contributed by atoms with Crippen molar-refractivity contribution in [3.63, 3.8) is 0 Å². The molecule has 4 N–H and O–H groups in total. The number of ether oxygens (including phenoxy) is 2. The van der Waals surface area contributed by atoms with E-state index in [1.807, 2.05) is 32.0 Å². The molecular formula is C18H23N5O3. The van der Waals surface area contributed by atoms with E-state index in [-0.39, 0.29) is 12.3 Å². The number of carbonyl (C=O) groups is 1. The highest BCUT2D eigenvalue weighted by atomic mass is 16.7. The van der Waals surface area contributed by atoms with E-state index in [0.717, 1.165) is 36.3 Å². The number of hydrogen-bond donors (Lipinski definition) is 3. The Morgan fingerprint density at radius 3 is 2.46 bits per heavy atom. The van der Waals surface area contributed by atoms with Crippen molar-refractivity contribution >= 4 is 11.9 Å². The van der Waals surface area contributed by atoms with E-state index in [0.29, 0.717) is 11.5 Å². The van der Waals surface area contributed by atoms with Crippen molar-refractivity contribution in [1.82, 2.24) is 15.4 Å². The van der Waals surface area contributed by atoms with Gasteiger partial charge in [-0.2, -0.15) is 0 Å². The molecule has 0 saturated heterocycles. The number of carbonyl (C=O) groups excluding carboxylic acids is 1. The van der Waals surface area contributed by atoms with Gasteiger partial charge in [0.25, 0.3) is 5.91 Å². The van der Waals surface area contributed by atoms with Gasteiger partial charge in [0.05, 0.1) is 11.1 Å². The molecule has 1 aromatic carbocycles. The van der Waals surface area contributed by atoms with E-state index in [1.54, 1.807) is 0 Å². The van der Waals surface area contributed by atoms with Crippen LogP contribution in [0.25, 0.3) is 0 Å². The summed E-state index contributed by atoms with van der Waals surface area (Å²) in [7, 11) is 0. The maximum atomic E-state index is 11.4. The molecule has 8 nitrogen and oxygen atoms in total. The van der Waals surface area contributed by atoms with Crippen LogP contribution in [0.2, 0.25) is 0 Å². The molecular weight excluding hydrogens is 334 g/mol. The zero-order valence-corrected chi connectivity index (χ0v) is 14.9. The van der Waals surface area contributed by atoms with Crippen LogP contribution in [0.4, 0.5) is 5.95 Å². The Bertz CT molecular complexity index is 775. The van der Waals surface area contributed by atoms with E-state index in [2.05, 4.69) is 20.7 Å². The minimum Gasteiger partial charge on any atom is -0.454 e. The van der Waals surface area contributed by atoms with Crippen molar-refractivity contribution in [2.75, 3.05) is 12.1 Å². The molecule has 0 spiro atoms. The van der Waals surface area contributed by atoms with Gasteiger partial charge in [0.2, 0.25) is 12.7 Å². The van der Waals surface area contributed by atoms with Crippen LogP contribution in [0, 0.1) is 0 Å². The summed E-state index contributed by atoms with van der Waals surface area (Å²) in [4.78, 5) is 19.9. The average Bonchev–Trinajstić information content (AvgIpc) is 3.14. The van der Waals surface area contributed by atoms with Gasteiger partial charge < -0.3 is 14.8 Å². The fraction of sp³-hybridized carbons (Fsp3) is 0.389. The second-order valence-corrected chi connectivity index (χ2v) is 5.90. The van der Waals surface area contributed by atoms with Gasteiger partial charge in [-0.05, 0) is 37.0 Å². The van der Waals surface area contributed by atoms with Gasteiger partial charge in [0, 0.05) is 12.4 Å². The normalized spacial score (nSPS) is 16.0. The summed E-state index contributed by atoms with van der Waals surface area (Å²) in [6, 6.07) is 5.97. The summed E-state index contributed by atoms with van der Waals surface area (Å²) in [6.07, 6.45) is 5.96. The Morgan fingerprint density at radius 2 is 1.85 bits per heavy atom. The van der Waals surface area contributed by atoms with Gasteiger partial charge >= 0.3 is 0 Å². The molecule has 4 rings (SSSR count). The van der Waals surface area contributed by atoms with Gasteiger partial charge in [-0.3, -0.25) is 10.2 Å². The van der Waals surface area contributed by atoms with Gasteiger partial charge in [0.15, 0.2) is 11.5 Å².